The maximum absolute atomic E-state index is 6.33. The van der Waals surface area contributed by atoms with E-state index in [0.717, 1.165) is 28.1 Å². The zero-order valence-corrected chi connectivity index (χ0v) is 13.6. The Morgan fingerprint density at radius 3 is 2.63 bits per heavy atom. The van der Waals surface area contributed by atoms with Crippen molar-refractivity contribution in [3.8, 4) is 0 Å². The van der Waals surface area contributed by atoms with Crippen molar-refractivity contribution in [2.24, 2.45) is 5.73 Å². The average Bonchev–Trinajstić information content (AvgIpc) is 2.33. The fourth-order valence-electron chi connectivity index (χ4n) is 2.71. The van der Waals surface area contributed by atoms with Gasteiger partial charge >= 0.3 is 0 Å². The van der Waals surface area contributed by atoms with Crippen molar-refractivity contribution in [2.45, 2.75) is 32.1 Å². The Morgan fingerprint density at radius 1 is 1.42 bits per heavy atom. The molecule has 1 aromatic rings. The fourth-order valence-corrected chi connectivity index (χ4v) is 3.34. The summed E-state index contributed by atoms with van der Waals surface area (Å²) in [5, 5.41) is 0.769. The van der Waals surface area contributed by atoms with Crippen LogP contribution in [0.4, 0.5) is 0 Å². The topological polar surface area (TPSA) is 38.5 Å². The molecule has 1 unspecified atom stereocenters. The molecule has 2 rings (SSSR count). The zero-order chi connectivity index (χ0) is 14.0. The number of hydrogen-bond donors (Lipinski definition) is 1. The molecule has 2 N–H and O–H groups in total. The average molecular weight is 348 g/mol. The number of rotatable bonds is 3. The molecular weight excluding hydrogens is 328 g/mol. The number of nitrogens with zero attached hydrogens (tertiary/aromatic N) is 1. The third-order valence-electron chi connectivity index (χ3n) is 3.43. The van der Waals surface area contributed by atoms with Crippen molar-refractivity contribution in [1.82, 2.24) is 4.90 Å². The molecule has 3 nitrogen and oxygen atoms in total. The van der Waals surface area contributed by atoms with Crippen LogP contribution in [0.5, 0.6) is 0 Å². The van der Waals surface area contributed by atoms with Crippen molar-refractivity contribution in [1.29, 1.82) is 0 Å². The van der Waals surface area contributed by atoms with Crippen LogP contribution in [0, 0.1) is 0 Å². The monoisotopic (exact) mass is 346 g/mol. The van der Waals surface area contributed by atoms with Crippen LogP contribution < -0.4 is 5.73 Å². The zero-order valence-electron chi connectivity index (χ0n) is 11.3. The summed E-state index contributed by atoms with van der Waals surface area (Å²) in [6.07, 6.45) is 0.451. The van der Waals surface area contributed by atoms with Crippen LogP contribution in [-0.2, 0) is 4.74 Å². The Hall–Kier alpha value is -0.130. The van der Waals surface area contributed by atoms with Crippen molar-refractivity contribution in [3.63, 3.8) is 0 Å². The Kier molecular flexibility index (Phi) is 5.26. The summed E-state index contributed by atoms with van der Waals surface area (Å²) in [6, 6.07) is 6.06. The molecule has 5 heteroatoms. The Labute approximate surface area is 128 Å². The highest BCUT2D eigenvalue weighted by Crippen LogP contribution is 2.31. The summed E-state index contributed by atoms with van der Waals surface area (Å²) in [5.41, 5.74) is 7.07. The van der Waals surface area contributed by atoms with E-state index in [2.05, 4.69) is 40.7 Å². The second kappa shape index (κ2) is 6.55. The first-order chi connectivity index (χ1) is 9.01. The molecule has 0 amide bonds. The third kappa shape index (κ3) is 3.70. The lowest BCUT2D eigenvalue weighted by atomic mass is 10.0. The van der Waals surface area contributed by atoms with Gasteiger partial charge in [0.2, 0.25) is 0 Å². The molecule has 1 aliphatic heterocycles. The van der Waals surface area contributed by atoms with Gasteiger partial charge in [-0.05, 0) is 37.6 Å². The Bertz CT molecular complexity index is 433. The minimum atomic E-state index is 0.138. The maximum Gasteiger partial charge on any atom is 0.0678 e. The lowest BCUT2D eigenvalue weighted by molar-refractivity contribution is -0.0799. The molecule has 1 heterocycles. The van der Waals surface area contributed by atoms with Crippen LogP contribution >= 0.6 is 27.5 Å². The van der Waals surface area contributed by atoms with Gasteiger partial charge in [0.05, 0.1) is 12.2 Å². The summed E-state index contributed by atoms with van der Waals surface area (Å²) in [7, 11) is 0. The predicted octanol–water partition coefficient (Wildman–Crippen LogP) is 3.21. The van der Waals surface area contributed by atoms with Gasteiger partial charge in [0.1, 0.15) is 0 Å². The summed E-state index contributed by atoms with van der Waals surface area (Å²) in [5.74, 6) is 0. The highest BCUT2D eigenvalue weighted by atomic mass is 79.9. The van der Waals surface area contributed by atoms with Gasteiger partial charge in [-0.1, -0.05) is 27.5 Å². The van der Waals surface area contributed by atoms with Gasteiger partial charge in [-0.3, -0.25) is 4.90 Å². The van der Waals surface area contributed by atoms with E-state index in [1.165, 1.54) is 0 Å². The van der Waals surface area contributed by atoms with Crippen molar-refractivity contribution >= 4 is 27.5 Å². The van der Waals surface area contributed by atoms with Crippen LogP contribution in [-0.4, -0.2) is 36.7 Å². The van der Waals surface area contributed by atoms with Gasteiger partial charge in [-0.25, -0.2) is 0 Å². The molecule has 1 aliphatic rings. The van der Waals surface area contributed by atoms with E-state index >= 15 is 0 Å². The molecule has 3 atom stereocenters. The largest absolute Gasteiger partial charge is 0.373 e. The summed E-state index contributed by atoms with van der Waals surface area (Å²) in [4.78, 5) is 2.37. The quantitative estimate of drug-likeness (QED) is 0.912. The number of nitrogens with two attached hydrogens (primary N) is 1. The van der Waals surface area contributed by atoms with E-state index in [1.807, 2.05) is 12.1 Å². The number of morpholine rings is 1. The SMILES string of the molecule is C[C@@H]1CN(C(CN)c2cc(Br)ccc2Cl)C[C@H](C)O1. The maximum atomic E-state index is 6.33. The van der Waals surface area contributed by atoms with Crippen LogP contribution in [0.1, 0.15) is 25.5 Å². The van der Waals surface area contributed by atoms with E-state index < -0.39 is 0 Å². The van der Waals surface area contributed by atoms with Gasteiger partial charge in [-0.15, -0.1) is 0 Å². The molecular formula is C14H20BrClN2O. The minimum absolute atomic E-state index is 0.138. The van der Waals surface area contributed by atoms with Gasteiger partial charge < -0.3 is 10.5 Å². The van der Waals surface area contributed by atoms with Crippen molar-refractivity contribution in [3.05, 3.63) is 33.3 Å². The van der Waals surface area contributed by atoms with E-state index in [9.17, 15) is 0 Å². The highest BCUT2D eigenvalue weighted by Gasteiger charge is 2.29. The molecule has 1 aromatic carbocycles. The first kappa shape index (κ1) is 15.3. The third-order valence-corrected chi connectivity index (χ3v) is 4.27. The van der Waals surface area contributed by atoms with Crippen LogP contribution in [0.2, 0.25) is 5.02 Å². The predicted molar refractivity (Wildman–Crippen MR) is 82.5 cm³/mol. The summed E-state index contributed by atoms with van der Waals surface area (Å²) in [6.45, 7) is 6.51. The van der Waals surface area contributed by atoms with Gasteiger partial charge in [-0.2, -0.15) is 0 Å². The first-order valence-electron chi connectivity index (χ1n) is 6.55. The first-order valence-corrected chi connectivity index (χ1v) is 7.73. The van der Waals surface area contributed by atoms with Gasteiger partial charge in [0.25, 0.3) is 0 Å². The number of ether oxygens (including phenoxy) is 1. The fraction of sp³-hybridized carbons (Fsp3) is 0.571. The van der Waals surface area contributed by atoms with Crippen molar-refractivity contribution < 1.29 is 4.74 Å². The molecule has 0 saturated carbocycles. The Morgan fingerprint density at radius 2 is 2.05 bits per heavy atom. The highest BCUT2D eigenvalue weighted by molar-refractivity contribution is 9.10. The molecule has 0 aromatic heterocycles. The molecule has 106 valence electrons. The van der Waals surface area contributed by atoms with Crippen LogP contribution in [0.3, 0.4) is 0 Å². The van der Waals surface area contributed by atoms with Gasteiger partial charge in [0.15, 0.2) is 0 Å². The minimum Gasteiger partial charge on any atom is -0.373 e. The smallest absolute Gasteiger partial charge is 0.0678 e. The summed E-state index contributed by atoms with van der Waals surface area (Å²) >= 11 is 9.83. The summed E-state index contributed by atoms with van der Waals surface area (Å²) < 4.78 is 6.80. The number of halogens is 2. The standard InChI is InChI=1S/C14H20BrClN2O/c1-9-7-18(8-10(2)19-9)14(6-17)12-5-11(15)3-4-13(12)16/h3-5,9-10,14H,6-8,17H2,1-2H3/t9-,10+,14?. The van der Waals surface area contributed by atoms with E-state index in [-0.39, 0.29) is 18.2 Å². The van der Waals surface area contributed by atoms with Crippen LogP contribution in [0.15, 0.2) is 22.7 Å². The van der Waals surface area contributed by atoms with Gasteiger partial charge in [0, 0.05) is 35.2 Å². The number of hydrogen-bond acceptors (Lipinski definition) is 3. The normalized spacial score (nSPS) is 26.4. The molecule has 1 saturated heterocycles. The molecule has 0 bridgehead atoms. The lowest BCUT2D eigenvalue weighted by Gasteiger charge is -2.40. The molecule has 0 spiro atoms. The Balaban J connectivity index is 2.26. The second-order valence-corrected chi connectivity index (χ2v) is 6.45. The number of benzene rings is 1. The van der Waals surface area contributed by atoms with E-state index in [1.54, 1.807) is 0 Å². The van der Waals surface area contributed by atoms with Crippen LogP contribution in [0.25, 0.3) is 0 Å². The second-order valence-electron chi connectivity index (χ2n) is 5.13. The molecule has 0 aliphatic carbocycles. The van der Waals surface area contributed by atoms with E-state index in [0.29, 0.717) is 6.54 Å². The molecule has 19 heavy (non-hydrogen) atoms. The lowest BCUT2D eigenvalue weighted by Crippen LogP contribution is -2.48. The van der Waals surface area contributed by atoms with Crippen molar-refractivity contribution in [2.75, 3.05) is 19.6 Å². The molecule has 0 radical (unpaired) electrons. The van der Waals surface area contributed by atoms with E-state index in [4.69, 9.17) is 22.1 Å². The molecule has 1 fully saturated rings.